The smallest absolute Gasteiger partial charge is 0.242 e. The first kappa shape index (κ1) is 14.3. The Morgan fingerprint density at radius 2 is 2.39 bits per heavy atom. The third-order valence-corrected chi connectivity index (χ3v) is 3.13. The molecule has 1 fully saturated rings. The van der Waals surface area contributed by atoms with Gasteiger partial charge in [0.15, 0.2) is 5.84 Å². The number of piperazine rings is 1. The second-order valence-corrected chi connectivity index (χ2v) is 4.36. The van der Waals surface area contributed by atoms with E-state index in [2.05, 4.69) is 10.5 Å². The molecule has 0 saturated carbocycles. The molecule has 1 saturated heterocycles. The molecule has 0 radical (unpaired) electrons. The number of oxime groups is 1. The van der Waals surface area contributed by atoms with Gasteiger partial charge in [-0.1, -0.05) is 18.5 Å². The number of rotatable bonds is 4. The average molecular weight is 256 g/mol. The lowest BCUT2D eigenvalue weighted by atomic mass is 9.99. The number of carbonyl (C=O) groups is 2. The van der Waals surface area contributed by atoms with Crippen molar-refractivity contribution < 1.29 is 14.8 Å². The molecule has 0 aromatic heterocycles. The Morgan fingerprint density at radius 1 is 1.72 bits per heavy atom. The van der Waals surface area contributed by atoms with Crippen LogP contribution in [0.1, 0.15) is 26.7 Å². The summed E-state index contributed by atoms with van der Waals surface area (Å²) in [7, 11) is 0. The topological polar surface area (TPSA) is 108 Å². The first-order valence-corrected chi connectivity index (χ1v) is 6.08. The number of nitrogens with two attached hydrogens (primary N) is 1. The molecule has 2 atom stereocenters. The van der Waals surface area contributed by atoms with Crippen LogP contribution in [0.25, 0.3) is 0 Å². The van der Waals surface area contributed by atoms with Gasteiger partial charge in [0.05, 0.1) is 5.92 Å². The molecule has 1 rings (SSSR count). The fourth-order valence-corrected chi connectivity index (χ4v) is 2.04. The Labute approximate surface area is 106 Å². The van der Waals surface area contributed by atoms with Gasteiger partial charge >= 0.3 is 0 Å². The molecule has 7 heteroatoms. The average Bonchev–Trinajstić information content (AvgIpc) is 2.37. The minimum Gasteiger partial charge on any atom is -0.409 e. The van der Waals surface area contributed by atoms with E-state index in [0.29, 0.717) is 19.5 Å². The summed E-state index contributed by atoms with van der Waals surface area (Å²) in [5.41, 5.74) is 5.54. The molecule has 0 aromatic rings. The van der Waals surface area contributed by atoms with E-state index in [-0.39, 0.29) is 17.6 Å². The lowest BCUT2D eigenvalue weighted by Crippen LogP contribution is -2.58. The Balaban J connectivity index is 2.85. The van der Waals surface area contributed by atoms with E-state index in [1.54, 1.807) is 6.92 Å². The molecular weight excluding hydrogens is 236 g/mol. The number of hydrogen-bond donors (Lipinski definition) is 3. The van der Waals surface area contributed by atoms with E-state index in [4.69, 9.17) is 10.9 Å². The van der Waals surface area contributed by atoms with Gasteiger partial charge in [0, 0.05) is 13.1 Å². The van der Waals surface area contributed by atoms with Crippen molar-refractivity contribution >= 4 is 17.6 Å². The summed E-state index contributed by atoms with van der Waals surface area (Å²) in [6.45, 7) is 4.47. The maximum atomic E-state index is 12.3. The molecule has 0 aliphatic carbocycles. The van der Waals surface area contributed by atoms with Crippen molar-refractivity contribution in [2.24, 2.45) is 16.8 Å². The molecular formula is C11H20N4O3. The number of nitrogens with one attached hydrogen (secondary N) is 1. The van der Waals surface area contributed by atoms with Gasteiger partial charge in [0.25, 0.3) is 0 Å². The molecule has 102 valence electrons. The quantitative estimate of drug-likeness (QED) is 0.272. The summed E-state index contributed by atoms with van der Waals surface area (Å²) < 4.78 is 0. The summed E-state index contributed by atoms with van der Waals surface area (Å²) in [5, 5.41) is 14.3. The molecule has 4 N–H and O–H groups in total. The van der Waals surface area contributed by atoms with Crippen LogP contribution in [0.4, 0.5) is 0 Å². The zero-order chi connectivity index (χ0) is 13.7. The van der Waals surface area contributed by atoms with Crippen LogP contribution in [0.2, 0.25) is 0 Å². The van der Waals surface area contributed by atoms with E-state index < -0.39 is 12.0 Å². The van der Waals surface area contributed by atoms with Crippen molar-refractivity contribution in [3.63, 3.8) is 0 Å². The molecule has 1 aliphatic heterocycles. The van der Waals surface area contributed by atoms with Gasteiger partial charge in [-0.05, 0) is 13.3 Å². The molecule has 0 aromatic carbocycles. The van der Waals surface area contributed by atoms with E-state index in [1.807, 2.05) is 6.92 Å². The maximum absolute atomic E-state index is 12.3. The highest BCUT2D eigenvalue weighted by molar-refractivity contribution is 6.03. The van der Waals surface area contributed by atoms with Crippen LogP contribution in [0, 0.1) is 5.92 Å². The third-order valence-electron chi connectivity index (χ3n) is 3.13. The lowest BCUT2D eigenvalue weighted by molar-refractivity contribution is -0.144. The van der Waals surface area contributed by atoms with Crippen molar-refractivity contribution in [1.29, 1.82) is 0 Å². The van der Waals surface area contributed by atoms with Gasteiger partial charge in [0.2, 0.25) is 11.8 Å². The Hall–Kier alpha value is -1.79. The standard InChI is InChI=1S/C11H20N4O3/c1-3-4-8(9(12)14-18)11(17)15-6-5-13-10(16)7(15)2/h7-8,18H,3-6H2,1-2H3,(H2,12,14)(H,13,16). The summed E-state index contributed by atoms with van der Waals surface area (Å²) in [6.07, 6.45) is 1.24. The van der Waals surface area contributed by atoms with Crippen molar-refractivity contribution in [1.82, 2.24) is 10.2 Å². The summed E-state index contributed by atoms with van der Waals surface area (Å²) in [6, 6.07) is -0.517. The molecule has 7 nitrogen and oxygen atoms in total. The van der Waals surface area contributed by atoms with Crippen LogP contribution >= 0.6 is 0 Å². The van der Waals surface area contributed by atoms with Crippen LogP contribution in [0.5, 0.6) is 0 Å². The predicted molar refractivity (Wildman–Crippen MR) is 66.0 cm³/mol. The summed E-state index contributed by atoms with van der Waals surface area (Å²) >= 11 is 0. The number of amides is 2. The predicted octanol–water partition coefficient (Wildman–Crippen LogP) is -0.504. The van der Waals surface area contributed by atoms with Crippen LogP contribution in [-0.2, 0) is 9.59 Å². The number of amidine groups is 1. The minimum absolute atomic E-state index is 0.0972. The fourth-order valence-electron chi connectivity index (χ4n) is 2.04. The molecule has 1 aliphatic rings. The SMILES string of the molecule is CCCC(C(=O)N1CCNC(=O)C1C)C(N)=NO. The van der Waals surface area contributed by atoms with Gasteiger partial charge in [0.1, 0.15) is 6.04 Å². The van der Waals surface area contributed by atoms with E-state index in [1.165, 1.54) is 4.90 Å². The molecule has 0 bridgehead atoms. The van der Waals surface area contributed by atoms with Gasteiger partial charge in [-0.25, -0.2) is 0 Å². The Kier molecular flexibility index (Phi) is 4.94. The number of carbonyl (C=O) groups excluding carboxylic acids is 2. The van der Waals surface area contributed by atoms with Crippen molar-refractivity contribution in [3.8, 4) is 0 Å². The maximum Gasteiger partial charge on any atom is 0.242 e. The normalized spacial score (nSPS) is 22.6. The van der Waals surface area contributed by atoms with Gasteiger partial charge in [-0.2, -0.15) is 0 Å². The van der Waals surface area contributed by atoms with Crippen LogP contribution in [0.15, 0.2) is 5.16 Å². The third kappa shape index (κ3) is 2.91. The zero-order valence-electron chi connectivity index (χ0n) is 10.7. The van der Waals surface area contributed by atoms with E-state index >= 15 is 0 Å². The van der Waals surface area contributed by atoms with Crippen LogP contribution in [-0.4, -0.2) is 46.9 Å². The highest BCUT2D eigenvalue weighted by atomic mass is 16.4. The molecule has 18 heavy (non-hydrogen) atoms. The zero-order valence-corrected chi connectivity index (χ0v) is 10.7. The van der Waals surface area contributed by atoms with E-state index in [0.717, 1.165) is 6.42 Å². The summed E-state index contributed by atoms with van der Waals surface area (Å²) in [5.74, 6) is -1.19. The van der Waals surface area contributed by atoms with Crippen molar-refractivity contribution in [2.75, 3.05) is 13.1 Å². The van der Waals surface area contributed by atoms with Crippen molar-refractivity contribution in [2.45, 2.75) is 32.7 Å². The molecule has 0 spiro atoms. The first-order valence-electron chi connectivity index (χ1n) is 6.08. The highest BCUT2D eigenvalue weighted by Crippen LogP contribution is 2.15. The fraction of sp³-hybridized carbons (Fsp3) is 0.727. The van der Waals surface area contributed by atoms with Gasteiger partial charge in [-0.15, -0.1) is 0 Å². The Morgan fingerprint density at radius 3 is 2.94 bits per heavy atom. The monoisotopic (exact) mass is 256 g/mol. The second kappa shape index (κ2) is 6.23. The Bertz CT molecular complexity index is 356. The number of hydrogen-bond acceptors (Lipinski definition) is 4. The van der Waals surface area contributed by atoms with Crippen LogP contribution in [0.3, 0.4) is 0 Å². The number of nitrogens with zero attached hydrogens (tertiary/aromatic N) is 2. The molecule has 2 unspecified atom stereocenters. The highest BCUT2D eigenvalue weighted by Gasteiger charge is 2.34. The van der Waals surface area contributed by atoms with Crippen LogP contribution < -0.4 is 11.1 Å². The largest absolute Gasteiger partial charge is 0.409 e. The molecule has 2 amide bonds. The minimum atomic E-state index is -0.659. The van der Waals surface area contributed by atoms with E-state index in [9.17, 15) is 9.59 Å². The van der Waals surface area contributed by atoms with Gasteiger partial charge in [-0.3, -0.25) is 9.59 Å². The molecule has 1 heterocycles. The lowest BCUT2D eigenvalue weighted by Gasteiger charge is -2.35. The van der Waals surface area contributed by atoms with Crippen molar-refractivity contribution in [3.05, 3.63) is 0 Å². The second-order valence-electron chi connectivity index (χ2n) is 4.36. The first-order chi connectivity index (χ1) is 8.52. The summed E-state index contributed by atoms with van der Waals surface area (Å²) in [4.78, 5) is 25.3. The van der Waals surface area contributed by atoms with Gasteiger partial charge < -0.3 is 21.2 Å².